The molecule has 0 spiro atoms. The van der Waals surface area contributed by atoms with E-state index >= 15 is 0 Å². The molecule has 9 heteroatoms. The molecule has 0 saturated carbocycles. The van der Waals surface area contributed by atoms with Crippen LogP contribution in [0.3, 0.4) is 0 Å². The number of nitro benzene ring substituents is 1. The molecule has 18 heavy (non-hydrogen) atoms. The van der Waals surface area contributed by atoms with Crippen LogP contribution in [0.1, 0.15) is 0 Å². The largest absolute Gasteiger partial charge is 0.500 e. The summed E-state index contributed by atoms with van der Waals surface area (Å²) in [6.07, 6.45) is 1.63. The molecule has 0 amide bonds. The Morgan fingerprint density at radius 3 is 3.06 bits per heavy atom. The molecule has 1 heterocycles. The number of rotatable bonds is 1. The Balaban J connectivity index is 2.61. The Morgan fingerprint density at radius 1 is 1.72 bits per heavy atom. The molecule has 0 aromatic heterocycles. The second-order valence-electron chi connectivity index (χ2n) is 3.36. The molecule has 1 aromatic rings. The molecular weight excluding hydrogens is 245 g/mol. The Kier molecular flexibility index (Phi) is 2.69. The highest BCUT2D eigenvalue weighted by molar-refractivity contribution is 5.96. The number of nitriles is 1. The molecule has 8 nitrogen and oxygen atoms in total. The summed E-state index contributed by atoms with van der Waals surface area (Å²) in [5.74, 6) is -1.86. The number of benzene rings is 1. The molecule has 1 aliphatic heterocycles. The van der Waals surface area contributed by atoms with Crippen LogP contribution >= 0.6 is 0 Å². The van der Waals surface area contributed by atoms with E-state index < -0.39 is 22.2 Å². The zero-order valence-electron chi connectivity index (χ0n) is 8.77. The minimum absolute atomic E-state index is 0.122. The third kappa shape index (κ3) is 1.75. The summed E-state index contributed by atoms with van der Waals surface area (Å²) in [5.41, 5.74) is -1.09. The number of nitrogens with zero attached hydrogens (tertiary/aromatic N) is 3. The maximum Gasteiger partial charge on any atom is 0.348 e. The fourth-order valence-corrected chi connectivity index (χ4v) is 1.53. The Bertz CT molecular complexity index is 607. The normalized spacial score (nSPS) is 12.8. The molecule has 0 unspecified atom stereocenters. The van der Waals surface area contributed by atoms with E-state index in [0.29, 0.717) is 0 Å². The first-order valence-electron chi connectivity index (χ1n) is 4.71. The van der Waals surface area contributed by atoms with Crippen molar-refractivity contribution in [3.63, 3.8) is 0 Å². The fourth-order valence-electron chi connectivity index (χ4n) is 1.53. The second-order valence-corrected chi connectivity index (χ2v) is 3.36. The van der Waals surface area contributed by atoms with Gasteiger partial charge in [0, 0.05) is 6.07 Å². The lowest BCUT2D eigenvalue weighted by Gasteiger charge is -2.17. The highest BCUT2D eigenvalue weighted by Gasteiger charge is 2.28. The molecule has 3 N–H and O–H groups in total. The molecule has 0 aliphatic carbocycles. The first-order chi connectivity index (χ1) is 8.54. The summed E-state index contributed by atoms with van der Waals surface area (Å²) in [7, 11) is 0. The number of anilines is 1. The van der Waals surface area contributed by atoms with Gasteiger partial charge in [0.15, 0.2) is 6.19 Å². The van der Waals surface area contributed by atoms with Crippen LogP contribution in [0, 0.1) is 27.4 Å². The van der Waals surface area contributed by atoms with Crippen LogP contribution in [0.2, 0.25) is 0 Å². The molecule has 0 atom stereocenters. The number of phenolic OH excluding ortho intramolecular Hbond substituents is 1. The lowest BCUT2D eigenvalue weighted by Crippen LogP contribution is -2.28. The van der Waals surface area contributed by atoms with E-state index in [1.165, 1.54) is 0 Å². The van der Waals surface area contributed by atoms with Gasteiger partial charge in [-0.3, -0.25) is 15.4 Å². The van der Waals surface area contributed by atoms with Gasteiger partial charge < -0.3 is 10.4 Å². The van der Waals surface area contributed by atoms with E-state index in [-0.39, 0.29) is 23.8 Å². The van der Waals surface area contributed by atoms with Gasteiger partial charge in [0.1, 0.15) is 11.5 Å². The number of amidine groups is 1. The van der Waals surface area contributed by atoms with Crippen molar-refractivity contribution in [2.24, 2.45) is 4.99 Å². The molecule has 0 radical (unpaired) electrons. The molecular formula is C9H6FN5O3. The number of hydrogen-bond donors (Lipinski definition) is 3. The lowest BCUT2D eigenvalue weighted by molar-refractivity contribution is -0.388. The molecule has 1 aliphatic rings. The predicted octanol–water partition coefficient (Wildman–Crippen LogP) is 0.966. The monoisotopic (exact) mass is 251 g/mol. The summed E-state index contributed by atoms with van der Waals surface area (Å²) in [6.45, 7) is 0.122. The van der Waals surface area contributed by atoms with E-state index in [2.05, 4.69) is 15.6 Å². The Labute approximate surface area is 99.5 Å². The van der Waals surface area contributed by atoms with E-state index in [0.717, 1.165) is 6.07 Å². The number of nitrogens with one attached hydrogen (secondary N) is 2. The van der Waals surface area contributed by atoms with Gasteiger partial charge in [0.25, 0.3) is 0 Å². The van der Waals surface area contributed by atoms with Crippen molar-refractivity contribution in [1.29, 1.82) is 5.26 Å². The first-order valence-corrected chi connectivity index (χ1v) is 4.71. The number of hydrogen-bond acceptors (Lipinski definition) is 7. The summed E-state index contributed by atoms with van der Waals surface area (Å²) < 4.78 is 13.4. The number of fused-ring (bicyclic) bond motifs is 1. The van der Waals surface area contributed by atoms with E-state index in [1.54, 1.807) is 6.19 Å². The van der Waals surface area contributed by atoms with Gasteiger partial charge in [-0.15, -0.1) is 0 Å². The van der Waals surface area contributed by atoms with Crippen LogP contribution in [0.25, 0.3) is 0 Å². The van der Waals surface area contributed by atoms with Gasteiger partial charge in [-0.25, -0.2) is 4.99 Å². The number of nitro groups is 1. The zero-order chi connectivity index (χ0) is 13.3. The van der Waals surface area contributed by atoms with E-state index in [9.17, 15) is 19.6 Å². The quantitative estimate of drug-likeness (QED) is 0.295. The van der Waals surface area contributed by atoms with Crippen LogP contribution < -0.4 is 10.6 Å². The Morgan fingerprint density at radius 2 is 2.44 bits per heavy atom. The van der Waals surface area contributed by atoms with Gasteiger partial charge in [0.2, 0.25) is 11.6 Å². The number of phenols is 1. The molecule has 92 valence electrons. The average molecular weight is 251 g/mol. The molecule has 2 rings (SSSR count). The summed E-state index contributed by atoms with van der Waals surface area (Å²) in [5, 5.41) is 33.6. The summed E-state index contributed by atoms with van der Waals surface area (Å²) in [6, 6.07) is 0.875. The molecule has 0 saturated heterocycles. The van der Waals surface area contributed by atoms with Crippen LogP contribution in [0.5, 0.6) is 5.75 Å². The van der Waals surface area contributed by atoms with Crippen LogP contribution in [-0.4, -0.2) is 22.4 Å². The predicted molar refractivity (Wildman–Crippen MR) is 59.1 cm³/mol. The minimum Gasteiger partial charge on any atom is -0.500 e. The third-order valence-corrected chi connectivity index (χ3v) is 2.28. The third-order valence-electron chi connectivity index (χ3n) is 2.28. The topological polar surface area (TPSA) is 124 Å². The zero-order valence-corrected chi connectivity index (χ0v) is 8.77. The van der Waals surface area contributed by atoms with Crippen molar-refractivity contribution >= 4 is 22.9 Å². The first kappa shape index (κ1) is 11.6. The van der Waals surface area contributed by atoms with E-state index in [1.807, 2.05) is 0 Å². The second kappa shape index (κ2) is 4.17. The number of aromatic hydroxyl groups is 1. The van der Waals surface area contributed by atoms with Gasteiger partial charge >= 0.3 is 5.69 Å². The summed E-state index contributed by atoms with van der Waals surface area (Å²) >= 11 is 0. The van der Waals surface area contributed by atoms with Crippen molar-refractivity contribution in [3.05, 3.63) is 22.0 Å². The highest BCUT2D eigenvalue weighted by atomic mass is 19.1. The maximum absolute atomic E-state index is 13.4. The van der Waals surface area contributed by atoms with Crippen LogP contribution in [0.4, 0.5) is 21.5 Å². The fraction of sp³-hybridized carbons (Fsp3) is 0.111. The number of aliphatic imine (C=N–C) groups is 1. The van der Waals surface area contributed by atoms with Crippen LogP contribution in [-0.2, 0) is 0 Å². The van der Waals surface area contributed by atoms with Crippen molar-refractivity contribution in [2.75, 3.05) is 11.9 Å². The van der Waals surface area contributed by atoms with Crippen molar-refractivity contribution < 1.29 is 14.4 Å². The highest BCUT2D eigenvalue weighted by Crippen LogP contribution is 2.44. The van der Waals surface area contributed by atoms with Crippen molar-refractivity contribution in [2.45, 2.75) is 0 Å². The standard InChI is InChI=1S/C9H6FN5O3/c10-4-1-5-7(9(16)8(4)15(17)18)14-6(2-12-5)13-3-11/h1,12,16H,2H2,(H,13,14). The van der Waals surface area contributed by atoms with Gasteiger partial charge in [-0.05, 0) is 0 Å². The van der Waals surface area contributed by atoms with Crippen LogP contribution in [0.15, 0.2) is 11.1 Å². The number of halogens is 1. The summed E-state index contributed by atoms with van der Waals surface area (Å²) in [4.78, 5) is 13.4. The van der Waals surface area contributed by atoms with Gasteiger partial charge in [0.05, 0.1) is 17.2 Å². The lowest BCUT2D eigenvalue weighted by atomic mass is 10.2. The van der Waals surface area contributed by atoms with Gasteiger partial charge in [-0.1, -0.05) is 0 Å². The van der Waals surface area contributed by atoms with Crippen molar-refractivity contribution in [3.8, 4) is 11.9 Å². The maximum atomic E-state index is 13.4. The SMILES string of the molecule is N#CNC1=Nc2c(cc(F)c([N+](=O)[O-])c2O)NC1. The van der Waals surface area contributed by atoms with Crippen molar-refractivity contribution in [1.82, 2.24) is 5.32 Å². The smallest absolute Gasteiger partial charge is 0.348 e. The Hall–Kier alpha value is -2.89. The average Bonchev–Trinajstić information content (AvgIpc) is 2.30. The molecule has 0 fully saturated rings. The molecule has 1 aromatic carbocycles. The van der Waals surface area contributed by atoms with E-state index in [4.69, 9.17) is 5.26 Å². The van der Waals surface area contributed by atoms with Gasteiger partial charge in [-0.2, -0.15) is 9.65 Å². The molecule has 0 bridgehead atoms. The minimum atomic E-state index is -1.16.